The van der Waals surface area contributed by atoms with E-state index in [0.29, 0.717) is 16.3 Å². The molecule has 2 rings (SSSR count). The lowest BCUT2D eigenvalue weighted by molar-refractivity contribution is 0.102. The van der Waals surface area contributed by atoms with Crippen molar-refractivity contribution >= 4 is 27.8 Å². The molecule has 6 heteroatoms. The molecule has 112 valence electrons. The highest BCUT2D eigenvalue weighted by Gasteiger charge is 2.26. The lowest BCUT2D eigenvalue weighted by Crippen LogP contribution is -2.31. The van der Waals surface area contributed by atoms with Gasteiger partial charge in [-0.1, -0.05) is 0 Å². The van der Waals surface area contributed by atoms with Crippen molar-refractivity contribution in [2.45, 2.75) is 32.8 Å². The average Bonchev–Trinajstić information content (AvgIpc) is 3.03. The van der Waals surface area contributed by atoms with E-state index in [1.54, 1.807) is 7.11 Å². The van der Waals surface area contributed by atoms with Gasteiger partial charge in [0.15, 0.2) is 11.5 Å². The zero-order valence-electron chi connectivity index (χ0n) is 12.3. The summed E-state index contributed by atoms with van der Waals surface area (Å²) in [5.74, 6) is 0.588. The third kappa shape index (κ3) is 2.91. The molecule has 0 saturated carbocycles. The van der Waals surface area contributed by atoms with Gasteiger partial charge in [-0.15, -0.1) is 11.3 Å². The number of Topliss-reactive ketones (excluding diaryl/α,β-unsaturated/α-hetero) is 1. The van der Waals surface area contributed by atoms with Gasteiger partial charge in [0, 0.05) is 26.6 Å². The number of nitrogens with two attached hydrogens (primary N) is 1. The maximum atomic E-state index is 11.6. The maximum absolute atomic E-state index is 11.6. The van der Waals surface area contributed by atoms with E-state index in [1.807, 2.05) is 0 Å². The minimum Gasteiger partial charge on any atom is -0.492 e. The van der Waals surface area contributed by atoms with E-state index in [1.165, 1.54) is 18.3 Å². The molecule has 1 saturated heterocycles. The van der Waals surface area contributed by atoms with Crippen LogP contribution in [0, 0.1) is 0 Å². The van der Waals surface area contributed by atoms with E-state index in [-0.39, 0.29) is 11.9 Å². The van der Waals surface area contributed by atoms with E-state index in [9.17, 15) is 4.79 Å². The van der Waals surface area contributed by atoms with Gasteiger partial charge in [-0.05, 0) is 19.8 Å². The first-order valence-electron chi connectivity index (χ1n) is 6.92. The monoisotopic (exact) mass is 298 g/mol. The lowest BCUT2D eigenvalue weighted by atomic mass is 10.2. The van der Waals surface area contributed by atoms with Crippen molar-refractivity contribution in [2.75, 3.05) is 37.4 Å². The molecule has 0 bridgehead atoms. The number of hydrogen-bond donors (Lipinski definition) is 1. The molecule has 1 aliphatic rings. The first-order valence-corrected chi connectivity index (χ1v) is 7.73. The summed E-state index contributed by atoms with van der Waals surface area (Å²) in [5.41, 5.74) is 6.47. The second-order valence-corrected chi connectivity index (χ2v) is 5.91. The van der Waals surface area contributed by atoms with Crippen LogP contribution in [0.2, 0.25) is 0 Å². The molecule has 5 nitrogen and oxygen atoms in total. The van der Waals surface area contributed by atoms with Gasteiger partial charge in [-0.25, -0.2) is 0 Å². The number of ketones is 1. The third-order valence-electron chi connectivity index (χ3n) is 3.52. The minimum absolute atomic E-state index is 0.0229. The fourth-order valence-corrected chi connectivity index (χ4v) is 3.63. The molecule has 2 heterocycles. The lowest BCUT2D eigenvalue weighted by Gasteiger charge is -2.25. The summed E-state index contributed by atoms with van der Waals surface area (Å²) in [4.78, 5) is 14.4. The number of ether oxygens (including phenoxy) is 2. The molecule has 0 spiro atoms. The molecular weight excluding hydrogens is 276 g/mol. The number of anilines is 2. The van der Waals surface area contributed by atoms with Crippen LogP contribution in [0.1, 0.15) is 36.4 Å². The van der Waals surface area contributed by atoms with Crippen LogP contribution in [0.5, 0.6) is 5.75 Å². The third-order valence-corrected chi connectivity index (χ3v) is 4.87. The van der Waals surface area contributed by atoms with Crippen molar-refractivity contribution < 1.29 is 14.3 Å². The SMILES string of the molecule is CCN(CC1CCCO1)c1sc(C(C)=O)c(N)c1OC. The molecule has 20 heavy (non-hydrogen) atoms. The molecule has 1 aromatic heterocycles. The number of hydrogen-bond acceptors (Lipinski definition) is 6. The molecule has 0 aliphatic carbocycles. The summed E-state index contributed by atoms with van der Waals surface area (Å²) < 4.78 is 11.1. The smallest absolute Gasteiger partial charge is 0.177 e. The Morgan fingerprint density at radius 1 is 1.60 bits per heavy atom. The molecule has 0 amide bonds. The van der Waals surface area contributed by atoms with Gasteiger partial charge in [0.05, 0.1) is 23.8 Å². The zero-order chi connectivity index (χ0) is 14.7. The highest BCUT2D eigenvalue weighted by Crippen LogP contribution is 2.45. The summed E-state index contributed by atoms with van der Waals surface area (Å²) in [6, 6.07) is 0. The Morgan fingerprint density at radius 2 is 2.35 bits per heavy atom. The fraction of sp³-hybridized carbons (Fsp3) is 0.643. The fourth-order valence-electron chi connectivity index (χ4n) is 2.47. The number of nitrogens with zero attached hydrogens (tertiary/aromatic N) is 1. The molecular formula is C14H22N2O3S. The highest BCUT2D eigenvalue weighted by atomic mass is 32.1. The molecule has 1 aromatic rings. The Labute approximate surface area is 123 Å². The summed E-state index contributed by atoms with van der Waals surface area (Å²) in [5, 5.41) is 0.924. The number of carbonyl (C=O) groups excluding carboxylic acids is 1. The van der Waals surface area contributed by atoms with Crippen LogP contribution in [0.25, 0.3) is 0 Å². The Morgan fingerprint density at radius 3 is 2.85 bits per heavy atom. The van der Waals surface area contributed by atoms with Crippen molar-refractivity contribution in [3.8, 4) is 5.75 Å². The largest absolute Gasteiger partial charge is 0.492 e. The van der Waals surface area contributed by atoms with Gasteiger partial charge in [0.25, 0.3) is 0 Å². The standard InChI is InChI=1S/C14H22N2O3S/c1-4-16(8-10-6-5-7-19-10)14-12(18-3)11(15)13(20-14)9(2)17/h10H,4-8,15H2,1-3H3. The van der Waals surface area contributed by atoms with Crippen LogP contribution >= 0.6 is 11.3 Å². The Balaban J connectivity index is 2.27. The van der Waals surface area contributed by atoms with Gasteiger partial charge in [0.1, 0.15) is 5.00 Å². The quantitative estimate of drug-likeness (QED) is 0.818. The van der Waals surface area contributed by atoms with Gasteiger partial charge < -0.3 is 20.1 Å². The molecule has 1 unspecified atom stereocenters. The number of methoxy groups -OCH3 is 1. The van der Waals surface area contributed by atoms with Crippen LogP contribution in [0.3, 0.4) is 0 Å². The first-order chi connectivity index (χ1) is 9.58. The number of carbonyl (C=O) groups is 1. The molecule has 0 radical (unpaired) electrons. The second kappa shape index (κ2) is 6.45. The molecule has 1 fully saturated rings. The number of nitrogen functional groups attached to an aromatic ring is 1. The van der Waals surface area contributed by atoms with Gasteiger partial charge in [-0.3, -0.25) is 4.79 Å². The van der Waals surface area contributed by atoms with E-state index in [4.69, 9.17) is 15.2 Å². The summed E-state index contributed by atoms with van der Waals surface area (Å²) in [6.45, 7) is 6.09. The first kappa shape index (κ1) is 15.1. The maximum Gasteiger partial charge on any atom is 0.177 e. The Kier molecular flexibility index (Phi) is 4.88. The number of likely N-dealkylation sites (N-methyl/N-ethyl adjacent to an activating group) is 1. The topological polar surface area (TPSA) is 64.8 Å². The van der Waals surface area contributed by atoms with E-state index >= 15 is 0 Å². The predicted molar refractivity (Wildman–Crippen MR) is 82.1 cm³/mol. The zero-order valence-corrected chi connectivity index (χ0v) is 13.1. The van der Waals surface area contributed by atoms with Crippen molar-refractivity contribution in [2.24, 2.45) is 0 Å². The van der Waals surface area contributed by atoms with Crippen molar-refractivity contribution in [1.29, 1.82) is 0 Å². The van der Waals surface area contributed by atoms with Crippen molar-refractivity contribution in [3.63, 3.8) is 0 Å². The van der Waals surface area contributed by atoms with E-state index < -0.39 is 0 Å². The number of rotatable bonds is 6. The van der Waals surface area contributed by atoms with Gasteiger partial charge in [0.2, 0.25) is 0 Å². The van der Waals surface area contributed by atoms with Crippen LogP contribution in [0.15, 0.2) is 0 Å². The number of thiophene rings is 1. The second-order valence-electron chi connectivity index (χ2n) is 4.91. The predicted octanol–water partition coefficient (Wildman–Crippen LogP) is 2.55. The molecule has 1 aliphatic heterocycles. The van der Waals surface area contributed by atoms with Gasteiger partial charge >= 0.3 is 0 Å². The van der Waals surface area contributed by atoms with Crippen LogP contribution < -0.4 is 15.4 Å². The van der Waals surface area contributed by atoms with Crippen molar-refractivity contribution in [3.05, 3.63) is 4.88 Å². The normalized spacial score (nSPS) is 18.2. The van der Waals surface area contributed by atoms with Crippen LogP contribution in [-0.2, 0) is 4.74 Å². The summed E-state index contributed by atoms with van der Waals surface area (Å²) in [7, 11) is 1.59. The van der Waals surface area contributed by atoms with Crippen LogP contribution in [0.4, 0.5) is 10.7 Å². The molecule has 0 aromatic carbocycles. The Bertz CT molecular complexity index is 481. The van der Waals surface area contributed by atoms with Crippen LogP contribution in [-0.4, -0.2) is 38.7 Å². The minimum atomic E-state index is -0.0229. The van der Waals surface area contributed by atoms with E-state index in [2.05, 4.69) is 11.8 Å². The molecule has 1 atom stereocenters. The highest BCUT2D eigenvalue weighted by molar-refractivity contribution is 7.19. The van der Waals surface area contributed by atoms with E-state index in [0.717, 1.165) is 37.5 Å². The summed E-state index contributed by atoms with van der Waals surface area (Å²) in [6.07, 6.45) is 2.45. The summed E-state index contributed by atoms with van der Waals surface area (Å²) >= 11 is 1.41. The van der Waals surface area contributed by atoms with Gasteiger partial charge in [-0.2, -0.15) is 0 Å². The van der Waals surface area contributed by atoms with Crippen molar-refractivity contribution in [1.82, 2.24) is 0 Å². The average molecular weight is 298 g/mol. The Hall–Kier alpha value is -1.27. The molecule has 2 N–H and O–H groups in total.